The number of anilines is 4. The van der Waals surface area contributed by atoms with Crippen molar-refractivity contribution >= 4 is 39.8 Å². The lowest BCUT2D eigenvalue weighted by atomic mass is 10.0. The number of nitrogens with zero attached hydrogens (tertiary/aromatic N) is 3. The van der Waals surface area contributed by atoms with Crippen LogP contribution in [0.3, 0.4) is 0 Å². The van der Waals surface area contributed by atoms with Crippen LogP contribution in [0.2, 0.25) is 0 Å². The second-order valence-electron chi connectivity index (χ2n) is 8.52. The van der Waals surface area contributed by atoms with Gasteiger partial charge in [-0.2, -0.15) is 9.37 Å². The molecule has 11 heteroatoms. The minimum atomic E-state index is -1.47. The number of hydrogen-bond donors (Lipinski definition) is 3. The third-order valence-electron chi connectivity index (χ3n) is 5.91. The number of carbonyl (C=O) groups is 1. The molecule has 1 atom stereocenters. The van der Waals surface area contributed by atoms with Crippen molar-refractivity contribution in [1.82, 2.24) is 20.3 Å². The smallest absolute Gasteiger partial charge is 0.252 e. The molecule has 0 aliphatic carbocycles. The molecule has 2 aliphatic rings. The zero-order valence-corrected chi connectivity index (χ0v) is 20.7. The van der Waals surface area contributed by atoms with E-state index in [1.807, 2.05) is 0 Å². The van der Waals surface area contributed by atoms with Gasteiger partial charge in [-0.15, -0.1) is 0 Å². The van der Waals surface area contributed by atoms with Crippen LogP contribution in [0.25, 0.3) is 11.1 Å². The van der Waals surface area contributed by atoms with Gasteiger partial charge in [-0.1, -0.05) is 12.1 Å². The topological polar surface area (TPSA) is 109 Å². The Bertz CT molecular complexity index is 1560. The number of nitrogens with one attached hydrogen (secondary N) is 3. The molecule has 4 heterocycles. The SMILES string of the molecule is Cc1cnc2nc1Nc1cc(ccc1F)CCNC(=O)c1ccc(cc1S(C)=O)-c1cnc(F)c(c1)N2. The normalized spacial score (nSPS) is 13.9. The van der Waals surface area contributed by atoms with Gasteiger partial charge in [0, 0.05) is 36.3 Å². The van der Waals surface area contributed by atoms with Crippen molar-refractivity contribution in [3.05, 3.63) is 83.3 Å². The molecule has 6 rings (SSSR count). The summed E-state index contributed by atoms with van der Waals surface area (Å²) >= 11 is 0. The van der Waals surface area contributed by atoms with Crippen molar-refractivity contribution in [2.75, 3.05) is 23.4 Å². The first kappa shape index (κ1) is 24.4. The van der Waals surface area contributed by atoms with Crippen molar-refractivity contribution in [3.63, 3.8) is 0 Å². The maximum atomic E-state index is 14.6. The average molecular weight is 521 g/mol. The quantitative estimate of drug-likeness (QED) is 0.314. The second-order valence-corrected chi connectivity index (χ2v) is 9.87. The molecule has 0 radical (unpaired) electrons. The second kappa shape index (κ2) is 10.0. The van der Waals surface area contributed by atoms with Crippen LogP contribution in [-0.2, 0) is 17.2 Å². The number of pyridine rings is 1. The van der Waals surface area contributed by atoms with Crippen LogP contribution in [0.4, 0.5) is 31.9 Å². The molecule has 2 aromatic carbocycles. The Balaban J connectivity index is 1.64. The van der Waals surface area contributed by atoms with E-state index in [2.05, 4.69) is 30.9 Å². The Labute approximate surface area is 214 Å². The molecule has 1 amide bonds. The van der Waals surface area contributed by atoms with Crippen LogP contribution in [0.1, 0.15) is 21.5 Å². The van der Waals surface area contributed by atoms with Crippen LogP contribution < -0.4 is 16.0 Å². The van der Waals surface area contributed by atoms with Crippen LogP contribution in [0, 0.1) is 18.7 Å². The Kier molecular flexibility index (Phi) is 6.62. The highest BCUT2D eigenvalue weighted by atomic mass is 32.2. The molecule has 3 N–H and O–H groups in total. The van der Waals surface area contributed by atoms with Crippen LogP contribution in [-0.4, -0.2) is 37.9 Å². The van der Waals surface area contributed by atoms with E-state index in [0.717, 1.165) is 5.56 Å². The first-order chi connectivity index (χ1) is 17.8. The van der Waals surface area contributed by atoms with E-state index in [4.69, 9.17) is 0 Å². The summed E-state index contributed by atoms with van der Waals surface area (Å²) in [4.78, 5) is 25.7. The highest BCUT2D eigenvalue weighted by Crippen LogP contribution is 2.29. The molecule has 0 saturated carbocycles. The van der Waals surface area contributed by atoms with Crippen LogP contribution in [0.15, 0.2) is 59.8 Å². The summed E-state index contributed by atoms with van der Waals surface area (Å²) in [6.45, 7) is 2.05. The first-order valence-corrected chi connectivity index (χ1v) is 12.9. The lowest BCUT2D eigenvalue weighted by molar-refractivity contribution is 0.0951. The summed E-state index contributed by atoms with van der Waals surface area (Å²) in [6.07, 6.45) is 4.81. The summed E-state index contributed by atoms with van der Waals surface area (Å²) in [5.41, 5.74) is 3.06. The fraction of sp³-hybridized carbons (Fsp3) is 0.154. The Morgan fingerprint density at radius 2 is 1.78 bits per heavy atom. The molecule has 4 aromatic rings. The van der Waals surface area contributed by atoms with Crippen molar-refractivity contribution < 1.29 is 17.8 Å². The zero-order valence-electron chi connectivity index (χ0n) is 19.9. The van der Waals surface area contributed by atoms with E-state index in [0.29, 0.717) is 33.8 Å². The van der Waals surface area contributed by atoms with E-state index in [9.17, 15) is 17.8 Å². The average Bonchev–Trinajstić information content (AvgIpc) is 2.88. The van der Waals surface area contributed by atoms with Gasteiger partial charge in [-0.05, 0) is 54.8 Å². The third-order valence-corrected chi connectivity index (χ3v) is 6.87. The minimum Gasteiger partial charge on any atom is -0.352 e. The molecule has 2 aromatic heterocycles. The number of carbonyl (C=O) groups excluding carboxylic acids is 1. The number of halogens is 2. The van der Waals surface area contributed by atoms with Gasteiger partial charge in [-0.25, -0.2) is 14.4 Å². The molecule has 2 aliphatic heterocycles. The first-order valence-electron chi connectivity index (χ1n) is 11.4. The van der Waals surface area contributed by atoms with Gasteiger partial charge in [0.05, 0.1) is 32.6 Å². The number of aryl methyl sites for hydroxylation is 1. The summed E-state index contributed by atoms with van der Waals surface area (Å²) in [6, 6.07) is 11.0. The van der Waals surface area contributed by atoms with E-state index < -0.39 is 22.6 Å². The number of rotatable bonds is 1. The molecule has 188 valence electrons. The van der Waals surface area contributed by atoms with E-state index >= 15 is 0 Å². The summed E-state index contributed by atoms with van der Waals surface area (Å²) in [5, 5.41) is 8.66. The Morgan fingerprint density at radius 3 is 2.59 bits per heavy atom. The van der Waals surface area contributed by atoms with Gasteiger partial charge in [0.25, 0.3) is 5.91 Å². The maximum Gasteiger partial charge on any atom is 0.252 e. The van der Waals surface area contributed by atoms with Crippen molar-refractivity contribution in [2.24, 2.45) is 0 Å². The van der Waals surface area contributed by atoms with Crippen molar-refractivity contribution in [1.29, 1.82) is 0 Å². The molecular weight excluding hydrogens is 498 g/mol. The number of fused-ring (bicyclic) bond motifs is 5. The highest BCUT2D eigenvalue weighted by molar-refractivity contribution is 7.84. The van der Waals surface area contributed by atoms with Gasteiger partial charge < -0.3 is 16.0 Å². The molecule has 0 fully saturated rings. The summed E-state index contributed by atoms with van der Waals surface area (Å²) in [7, 11) is -1.47. The van der Waals surface area contributed by atoms with Gasteiger partial charge in [0.15, 0.2) is 0 Å². The highest BCUT2D eigenvalue weighted by Gasteiger charge is 2.17. The summed E-state index contributed by atoms with van der Waals surface area (Å²) in [5.74, 6) is -1.21. The number of hydrogen-bond acceptors (Lipinski definition) is 7. The largest absolute Gasteiger partial charge is 0.352 e. The molecular formula is C26H22F2N6O2S. The minimum absolute atomic E-state index is 0.0133. The van der Waals surface area contributed by atoms with Crippen molar-refractivity contribution in [2.45, 2.75) is 18.2 Å². The molecule has 0 saturated heterocycles. The van der Waals surface area contributed by atoms with Gasteiger partial charge in [-0.3, -0.25) is 9.00 Å². The Hall–Kier alpha value is -4.25. The number of benzene rings is 2. The maximum absolute atomic E-state index is 14.6. The van der Waals surface area contributed by atoms with Crippen molar-refractivity contribution in [3.8, 4) is 11.1 Å². The molecule has 37 heavy (non-hydrogen) atoms. The standard InChI is InChI=1S/C26H22F2N6O2S/c1-14-12-31-26-33-21-10-17(13-30-23(21)28)16-4-5-18(22(11-16)37(2)36)25(35)29-8-7-15-3-6-19(27)20(9-15)32-24(14)34-26/h3-6,9-13H,7-8H2,1-2H3,(H,29,35)(H2,31,32,33,34). The Morgan fingerprint density at radius 1 is 0.946 bits per heavy atom. The van der Waals surface area contributed by atoms with E-state index in [1.165, 1.54) is 30.8 Å². The third kappa shape index (κ3) is 5.17. The zero-order chi connectivity index (χ0) is 26.1. The molecule has 0 spiro atoms. The fourth-order valence-corrected chi connectivity index (χ4v) is 4.70. The van der Waals surface area contributed by atoms with E-state index in [1.54, 1.807) is 37.3 Å². The summed E-state index contributed by atoms with van der Waals surface area (Å²) < 4.78 is 41.7. The predicted molar refractivity (Wildman–Crippen MR) is 138 cm³/mol. The molecule has 1 unspecified atom stereocenters. The number of amides is 1. The van der Waals surface area contributed by atoms with Crippen LogP contribution in [0.5, 0.6) is 0 Å². The molecule has 8 bridgehead atoms. The number of aromatic nitrogens is 3. The lowest BCUT2D eigenvalue weighted by Crippen LogP contribution is -2.26. The molecule has 8 nitrogen and oxygen atoms in total. The van der Waals surface area contributed by atoms with Gasteiger partial charge in [0.1, 0.15) is 11.6 Å². The lowest BCUT2D eigenvalue weighted by Gasteiger charge is -2.13. The van der Waals surface area contributed by atoms with Gasteiger partial charge in [0.2, 0.25) is 11.9 Å². The van der Waals surface area contributed by atoms with Gasteiger partial charge >= 0.3 is 0 Å². The monoisotopic (exact) mass is 520 g/mol. The van der Waals surface area contributed by atoms with E-state index in [-0.39, 0.29) is 35.3 Å². The fourth-order valence-electron chi connectivity index (χ4n) is 3.94. The van der Waals surface area contributed by atoms with Crippen LogP contribution >= 0.6 is 0 Å². The predicted octanol–water partition coefficient (Wildman–Crippen LogP) is 4.64.